The van der Waals surface area contributed by atoms with Crippen LogP contribution in [0.1, 0.15) is 16.7 Å². The zero-order chi connectivity index (χ0) is 23.8. The summed E-state index contributed by atoms with van der Waals surface area (Å²) in [5.74, 6) is -0.879. The molecule has 1 aromatic heterocycles. The van der Waals surface area contributed by atoms with E-state index >= 15 is 0 Å². The van der Waals surface area contributed by atoms with Crippen molar-refractivity contribution in [1.82, 2.24) is 9.55 Å². The standard InChI is InChI=1S/C22H16F4N4O3/c1-29-6-7-30-20(29)10-19(28-21(30)31)32-12-13-2-5-18(14(8-13)11-27)33-15-3-4-17(23)16(9-15)22(24,25)26/h2-5,8-10H,6-7,12H2,1H3. The summed E-state index contributed by atoms with van der Waals surface area (Å²) in [7, 11) is 1.85. The summed E-state index contributed by atoms with van der Waals surface area (Å²) in [6.07, 6.45) is -4.88. The maximum Gasteiger partial charge on any atom is 0.419 e. The Bertz CT molecular complexity index is 1310. The molecule has 0 saturated heterocycles. The van der Waals surface area contributed by atoms with E-state index in [0.29, 0.717) is 36.6 Å². The van der Waals surface area contributed by atoms with Gasteiger partial charge in [0.2, 0.25) is 5.88 Å². The van der Waals surface area contributed by atoms with Gasteiger partial charge in [0.25, 0.3) is 0 Å². The van der Waals surface area contributed by atoms with Crippen molar-refractivity contribution in [2.24, 2.45) is 0 Å². The van der Waals surface area contributed by atoms with Crippen molar-refractivity contribution in [2.45, 2.75) is 19.3 Å². The van der Waals surface area contributed by atoms with E-state index in [-0.39, 0.29) is 29.5 Å². The Morgan fingerprint density at radius 3 is 2.67 bits per heavy atom. The third-order valence-corrected chi connectivity index (χ3v) is 5.04. The first-order valence-corrected chi connectivity index (χ1v) is 9.69. The summed E-state index contributed by atoms with van der Waals surface area (Å²) < 4.78 is 64.8. The molecular formula is C22H16F4N4O3. The zero-order valence-corrected chi connectivity index (χ0v) is 17.2. The van der Waals surface area contributed by atoms with Crippen molar-refractivity contribution in [1.29, 1.82) is 5.26 Å². The number of ether oxygens (including phenoxy) is 2. The van der Waals surface area contributed by atoms with E-state index in [1.54, 1.807) is 12.1 Å². The number of rotatable bonds is 5. The molecule has 0 spiro atoms. The average molecular weight is 460 g/mol. The molecule has 1 aliphatic heterocycles. The molecule has 0 saturated carbocycles. The second-order valence-corrected chi connectivity index (χ2v) is 7.28. The molecule has 4 rings (SSSR count). The molecule has 0 unspecified atom stereocenters. The number of aromatic nitrogens is 2. The molecule has 0 bridgehead atoms. The van der Waals surface area contributed by atoms with Crippen LogP contribution >= 0.6 is 0 Å². The Kier molecular flexibility index (Phi) is 5.68. The van der Waals surface area contributed by atoms with Gasteiger partial charge in [0.05, 0.1) is 11.1 Å². The van der Waals surface area contributed by atoms with Gasteiger partial charge in [-0.3, -0.25) is 4.57 Å². The van der Waals surface area contributed by atoms with Gasteiger partial charge in [-0.25, -0.2) is 9.18 Å². The summed E-state index contributed by atoms with van der Waals surface area (Å²) in [6.45, 7) is 1.22. The molecule has 0 amide bonds. The van der Waals surface area contributed by atoms with Gasteiger partial charge >= 0.3 is 11.9 Å². The minimum atomic E-state index is -4.88. The molecule has 0 aliphatic carbocycles. The lowest BCUT2D eigenvalue weighted by Gasteiger charge is -2.13. The molecule has 0 N–H and O–H groups in total. The average Bonchev–Trinajstić information content (AvgIpc) is 3.14. The molecule has 33 heavy (non-hydrogen) atoms. The number of likely N-dealkylation sites (N-methyl/N-ethyl adjacent to an activating group) is 1. The van der Waals surface area contributed by atoms with Crippen LogP contribution in [0, 0.1) is 17.1 Å². The van der Waals surface area contributed by atoms with E-state index in [4.69, 9.17) is 9.47 Å². The van der Waals surface area contributed by atoms with Crippen molar-refractivity contribution in [3.8, 4) is 23.4 Å². The van der Waals surface area contributed by atoms with Gasteiger partial charge in [0, 0.05) is 26.2 Å². The molecular weight excluding hydrogens is 444 g/mol. The molecule has 2 heterocycles. The number of anilines is 1. The summed E-state index contributed by atoms with van der Waals surface area (Å²) in [5, 5.41) is 9.43. The van der Waals surface area contributed by atoms with Gasteiger partial charge in [-0.1, -0.05) is 6.07 Å². The predicted octanol–water partition coefficient (Wildman–Crippen LogP) is 4.09. The first kappa shape index (κ1) is 22.1. The van der Waals surface area contributed by atoms with Gasteiger partial charge in [-0.05, 0) is 35.9 Å². The zero-order valence-electron chi connectivity index (χ0n) is 17.2. The quantitative estimate of drug-likeness (QED) is 0.534. The van der Waals surface area contributed by atoms with Gasteiger partial charge in [0.1, 0.15) is 35.8 Å². The smallest absolute Gasteiger partial charge is 0.419 e. The van der Waals surface area contributed by atoms with E-state index < -0.39 is 23.2 Å². The Balaban J connectivity index is 1.51. The maximum absolute atomic E-state index is 13.5. The van der Waals surface area contributed by atoms with Crippen LogP contribution in [0.15, 0.2) is 47.3 Å². The van der Waals surface area contributed by atoms with Crippen molar-refractivity contribution >= 4 is 5.82 Å². The number of alkyl halides is 3. The van der Waals surface area contributed by atoms with E-state index in [9.17, 15) is 27.6 Å². The first-order chi connectivity index (χ1) is 15.7. The molecule has 3 aromatic rings. The number of benzene rings is 2. The minimum absolute atomic E-state index is 0.00323. The monoisotopic (exact) mass is 460 g/mol. The van der Waals surface area contributed by atoms with Crippen LogP contribution in [-0.2, 0) is 19.3 Å². The highest BCUT2D eigenvalue weighted by Gasteiger charge is 2.34. The van der Waals surface area contributed by atoms with Crippen LogP contribution < -0.4 is 20.1 Å². The maximum atomic E-state index is 13.5. The Labute approximate surface area is 185 Å². The van der Waals surface area contributed by atoms with Crippen LogP contribution in [0.25, 0.3) is 0 Å². The molecule has 170 valence electrons. The Morgan fingerprint density at radius 2 is 1.94 bits per heavy atom. The SMILES string of the molecule is CN1CCn2c1cc(OCc1ccc(Oc3ccc(F)c(C(F)(F)F)c3)c(C#N)c1)nc2=O. The van der Waals surface area contributed by atoms with Crippen molar-refractivity contribution in [2.75, 3.05) is 18.5 Å². The first-order valence-electron chi connectivity index (χ1n) is 9.69. The number of nitrogens with zero attached hydrogens (tertiary/aromatic N) is 4. The highest BCUT2D eigenvalue weighted by atomic mass is 19.4. The van der Waals surface area contributed by atoms with E-state index in [1.165, 1.54) is 16.7 Å². The second-order valence-electron chi connectivity index (χ2n) is 7.28. The van der Waals surface area contributed by atoms with Crippen molar-refractivity contribution in [3.63, 3.8) is 0 Å². The number of nitriles is 1. The summed E-state index contributed by atoms with van der Waals surface area (Å²) in [5.41, 5.74) is -1.31. The van der Waals surface area contributed by atoms with Crippen molar-refractivity contribution < 1.29 is 27.0 Å². The fourth-order valence-corrected chi connectivity index (χ4v) is 3.35. The van der Waals surface area contributed by atoms with Crippen LogP contribution in [0.3, 0.4) is 0 Å². The number of hydrogen-bond acceptors (Lipinski definition) is 6. The fraction of sp³-hybridized carbons (Fsp3) is 0.227. The van der Waals surface area contributed by atoms with E-state index in [0.717, 1.165) is 6.07 Å². The molecule has 0 radical (unpaired) electrons. The van der Waals surface area contributed by atoms with Crippen LogP contribution in [0.5, 0.6) is 17.4 Å². The highest BCUT2D eigenvalue weighted by Crippen LogP contribution is 2.35. The summed E-state index contributed by atoms with van der Waals surface area (Å²) in [4.78, 5) is 17.9. The number of halogens is 4. The number of fused-ring (bicyclic) bond motifs is 1. The normalized spacial score (nSPS) is 12.9. The second kappa shape index (κ2) is 8.46. The fourth-order valence-electron chi connectivity index (χ4n) is 3.35. The van der Waals surface area contributed by atoms with E-state index in [2.05, 4.69) is 4.98 Å². The third-order valence-electron chi connectivity index (χ3n) is 5.04. The Morgan fingerprint density at radius 1 is 1.15 bits per heavy atom. The summed E-state index contributed by atoms with van der Waals surface area (Å²) >= 11 is 0. The predicted molar refractivity (Wildman–Crippen MR) is 109 cm³/mol. The third kappa shape index (κ3) is 4.59. The van der Waals surface area contributed by atoms with Crippen LogP contribution in [0.4, 0.5) is 23.4 Å². The summed E-state index contributed by atoms with van der Waals surface area (Å²) in [6, 6.07) is 10.2. The topological polar surface area (TPSA) is 80.4 Å². The van der Waals surface area contributed by atoms with Crippen LogP contribution in [-0.4, -0.2) is 23.1 Å². The van der Waals surface area contributed by atoms with E-state index in [1.807, 2.05) is 18.0 Å². The lowest BCUT2D eigenvalue weighted by molar-refractivity contribution is -0.140. The molecule has 2 aromatic carbocycles. The van der Waals surface area contributed by atoms with Crippen LogP contribution in [0.2, 0.25) is 0 Å². The molecule has 11 heteroatoms. The van der Waals surface area contributed by atoms with Gasteiger partial charge in [-0.15, -0.1) is 0 Å². The molecule has 1 aliphatic rings. The van der Waals surface area contributed by atoms with Gasteiger partial charge in [0.15, 0.2) is 0 Å². The Hall–Kier alpha value is -4.07. The highest BCUT2D eigenvalue weighted by molar-refractivity contribution is 5.48. The molecule has 0 fully saturated rings. The van der Waals surface area contributed by atoms with Crippen molar-refractivity contribution in [3.05, 3.63) is 75.5 Å². The lowest BCUT2D eigenvalue weighted by atomic mass is 10.1. The largest absolute Gasteiger partial charge is 0.473 e. The van der Waals surface area contributed by atoms with Gasteiger partial charge in [-0.2, -0.15) is 23.4 Å². The number of hydrogen-bond donors (Lipinski definition) is 0. The lowest BCUT2D eigenvalue weighted by Crippen LogP contribution is -2.22. The molecule has 7 nitrogen and oxygen atoms in total. The molecule has 0 atom stereocenters. The van der Waals surface area contributed by atoms with Gasteiger partial charge < -0.3 is 14.4 Å². The minimum Gasteiger partial charge on any atom is -0.473 e.